The molecule has 0 atom stereocenters. The molecule has 2 aliphatic rings. The molecule has 0 spiro atoms. The number of thiophene rings is 1. The van der Waals surface area contributed by atoms with Gasteiger partial charge in [-0.1, -0.05) is 119 Å². The van der Waals surface area contributed by atoms with E-state index in [1.165, 1.54) is 103 Å². The molecular formula is C48H35NS. The third kappa shape index (κ3) is 3.57. The number of rotatable bonds is 2. The highest BCUT2D eigenvalue weighted by Gasteiger charge is 2.38. The molecule has 7 aromatic carbocycles. The van der Waals surface area contributed by atoms with E-state index in [4.69, 9.17) is 0 Å². The van der Waals surface area contributed by atoms with E-state index < -0.39 is 0 Å². The highest BCUT2D eigenvalue weighted by atomic mass is 32.1. The maximum atomic E-state index is 2.48. The first-order valence-electron chi connectivity index (χ1n) is 17.7. The minimum Gasteiger partial charge on any atom is -0.309 e. The molecule has 2 aromatic heterocycles. The summed E-state index contributed by atoms with van der Waals surface area (Å²) >= 11 is 1.91. The molecule has 0 fully saturated rings. The van der Waals surface area contributed by atoms with Crippen LogP contribution < -0.4 is 0 Å². The number of hydrogen-bond donors (Lipinski definition) is 0. The Morgan fingerprint density at radius 3 is 1.98 bits per heavy atom. The van der Waals surface area contributed by atoms with E-state index >= 15 is 0 Å². The summed E-state index contributed by atoms with van der Waals surface area (Å²) in [5.74, 6) is 0. The van der Waals surface area contributed by atoms with Crippen LogP contribution in [0, 0.1) is 0 Å². The second kappa shape index (κ2) is 9.62. The van der Waals surface area contributed by atoms with Crippen molar-refractivity contribution in [3.8, 4) is 39.1 Å². The lowest BCUT2D eigenvalue weighted by molar-refractivity contribution is 0.660. The Labute approximate surface area is 296 Å². The van der Waals surface area contributed by atoms with Gasteiger partial charge in [0.25, 0.3) is 0 Å². The molecule has 2 heteroatoms. The molecule has 2 heterocycles. The van der Waals surface area contributed by atoms with Gasteiger partial charge in [-0.05, 0) is 104 Å². The summed E-state index contributed by atoms with van der Waals surface area (Å²) in [6, 6.07) is 52.7. The fraction of sp³-hybridized carbons (Fsp3) is 0.125. The molecule has 0 saturated carbocycles. The summed E-state index contributed by atoms with van der Waals surface area (Å²) in [4.78, 5) is 0. The molecule has 0 amide bonds. The molecule has 0 aliphatic heterocycles. The molecule has 0 bridgehead atoms. The molecule has 0 N–H and O–H groups in total. The standard InChI is InChI=1S/C48H35NS/c1-47(2)38-14-8-5-11-31(38)32-20-17-29(26-39(32)47)28-18-23-42-37(25-28)34-12-6-9-15-41(34)49(42)30-19-21-33-35-22-24-44-45(36-13-7-10-16-43(36)50-44)46(35)48(3,4)40(33)27-30/h5-27H,1-4H3. The Morgan fingerprint density at radius 1 is 0.440 bits per heavy atom. The van der Waals surface area contributed by atoms with Gasteiger partial charge in [0.15, 0.2) is 0 Å². The van der Waals surface area contributed by atoms with Crippen LogP contribution in [0.5, 0.6) is 0 Å². The Morgan fingerprint density at radius 2 is 1.08 bits per heavy atom. The topological polar surface area (TPSA) is 4.93 Å². The van der Waals surface area contributed by atoms with Crippen molar-refractivity contribution in [2.45, 2.75) is 38.5 Å². The lowest BCUT2D eigenvalue weighted by Gasteiger charge is -2.23. The van der Waals surface area contributed by atoms with Crippen LogP contribution in [0.15, 0.2) is 140 Å². The predicted molar refractivity (Wildman–Crippen MR) is 214 cm³/mol. The molecule has 50 heavy (non-hydrogen) atoms. The van der Waals surface area contributed by atoms with Crippen molar-refractivity contribution in [3.63, 3.8) is 0 Å². The average Bonchev–Trinajstić information content (AvgIpc) is 3.82. The fourth-order valence-corrected chi connectivity index (χ4v) is 10.7. The van der Waals surface area contributed by atoms with Gasteiger partial charge in [-0.15, -0.1) is 11.3 Å². The summed E-state index contributed by atoms with van der Waals surface area (Å²) in [7, 11) is 0. The number of nitrogens with zero attached hydrogens (tertiary/aromatic N) is 1. The Kier molecular flexibility index (Phi) is 5.47. The minimum atomic E-state index is -0.128. The highest BCUT2D eigenvalue weighted by Crippen LogP contribution is 2.55. The van der Waals surface area contributed by atoms with E-state index in [0.717, 1.165) is 0 Å². The maximum absolute atomic E-state index is 2.48. The van der Waals surface area contributed by atoms with E-state index in [0.29, 0.717) is 0 Å². The van der Waals surface area contributed by atoms with Crippen molar-refractivity contribution in [1.29, 1.82) is 0 Å². The van der Waals surface area contributed by atoms with Gasteiger partial charge in [-0.2, -0.15) is 0 Å². The Bertz CT molecular complexity index is 2930. The Balaban J connectivity index is 1.07. The molecule has 0 radical (unpaired) electrons. The summed E-state index contributed by atoms with van der Waals surface area (Å²) in [5, 5.41) is 5.37. The van der Waals surface area contributed by atoms with Gasteiger partial charge in [0.1, 0.15) is 0 Å². The minimum absolute atomic E-state index is 0.0225. The predicted octanol–water partition coefficient (Wildman–Crippen LogP) is 13.4. The molecule has 238 valence electrons. The van der Waals surface area contributed by atoms with E-state index in [9.17, 15) is 0 Å². The van der Waals surface area contributed by atoms with Crippen molar-refractivity contribution < 1.29 is 0 Å². The first-order valence-corrected chi connectivity index (χ1v) is 18.5. The zero-order valence-electron chi connectivity index (χ0n) is 28.6. The van der Waals surface area contributed by atoms with Crippen molar-refractivity contribution >= 4 is 53.3 Å². The SMILES string of the molecule is CC1(C)c2ccccc2-c2ccc(-c3ccc4c(c3)c3ccccc3n4-c3ccc4c(c3)C(C)(C)c3c-4ccc4sc5ccccc5c34)cc21. The average molecular weight is 658 g/mol. The van der Waals surface area contributed by atoms with Crippen molar-refractivity contribution in [1.82, 2.24) is 4.57 Å². The van der Waals surface area contributed by atoms with E-state index in [-0.39, 0.29) is 10.8 Å². The van der Waals surface area contributed by atoms with Gasteiger partial charge in [-0.3, -0.25) is 0 Å². The highest BCUT2D eigenvalue weighted by molar-refractivity contribution is 7.25. The van der Waals surface area contributed by atoms with Crippen molar-refractivity contribution in [2.75, 3.05) is 0 Å². The summed E-state index contributed by atoms with van der Waals surface area (Å²) in [6.45, 7) is 9.56. The smallest absolute Gasteiger partial charge is 0.0541 e. The normalized spacial score (nSPS) is 15.1. The van der Waals surface area contributed by atoms with Crippen molar-refractivity contribution in [2.24, 2.45) is 0 Å². The number of hydrogen-bond acceptors (Lipinski definition) is 1. The van der Waals surface area contributed by atoms with Gasteiger partial charge in [0.2, 0.25) is 0 Å². The van der Waals surface area contributed by atoms with Crippen LogP contribution in [0.25, 0.3) is 81.0 Å². The molecule has 2 aliphatic carbocycles. The summed E-state index contributed by atoms with van der Waals surface area (Å²) in [5.41, 5.74) is 17.2. The second-order valence-corrected chi connectivity index (χ2v) is 16.4. The quantitative estimate of drug-likeness (QED) is 0.174. The third-order valence-electron chi connectivity index (χ3n) is 12.0. The van der Waals surface area contributed by atoms with Crippen LogP contribution in [-0.4, -0.2) is 4.57 Å². The second-order valence-electron chi connectivity index (χ2n) is 15.3. The molecule has 11 rings (SSSR count). The molecule has 1 nitrogen and oxygen atoms in total. The van der Waals surface area contributed by atoms with E-state index in [1.54, 1.807) is 0 Å². The van der Waals surface area contributed by atoms with Crippen LogP contribution in [-0.2, 0) is 10.8 Å². The monoisotopic (exact) mass is 657 g/mol. The van der Waals surface area contributed by atoms with E-state index in [2.05, 4.69) is 172 Å². The lowest BCUT2D eigenvalue weighted by atomic mass is 9.80. The van der Waals surface area contributed by atoms with Gasteiger partial charge in [-0.25, -0.2) is 0 Å². The first-order chi connectivity index (χ1) is 24.3. The van der Waals surface area contributed by atoms with Crippen LogP contribution in [0.3, 0.4) is 0 Å². The number of fused-ring (bicyclic) bond motifs is 13. The third-order valence-corrected chi connectivity index (χ3v) is 13.1. The number of benzene rings is 7. The zero-order chi connectivity index (χ0) is 33.5. The molecule has 0 saturated heterocycles. The van der Waals surface area contributed by atoms with Crippen LogP contribution in [0.4, 0.5) is 0 Å². The number of para-hydroxylation sites is 1. The van der Waals surface area contributed by atoms with Gasteiger partial charge < -0.3 is 4.57 Å². The fourth-order valence-electron chi connectivity index (χ4n) is 9.56. The van der Waals surface area contributed by atoms with Crippen LogP contribution >= 0.6 is 11.3 Å². The largest absolute Gasteiger partial charge is 0.309 e. The summed E-state index contributed by atoms with van der Waals surface area (Å²) in [6.07, 6.45) is 0. The van der Waals surface area contributed by atoms with Gasteiger partial charge in [0.05, 0.1) is 11.0 Å². The first kappa shape index (κ1) is 28.4. The summed E-state index contributed by atoms with van der Waals surface area (Å²) < 4.78 is 5.22. The molecular weight excluding hydrogens is 623 g/mol. The Hall–Kier alpha value is -5.44. The molecule has 9 aromatic rings. The van der Waals surface area contributed by atoms with Gasteiger partial charge >= 0.3 is 0 Å². The maximum Gasteiger partial charge on any atom is 0.0541 e. The lowest BCUT2D eigenvalue weighted by Crippen LogP contribution is -2.15. The van der Waals surface area contributed by atoms with Gasteiger partial charge in [0, 0.05) is 47.5 Å². The van der Waals surface area contributed by atoms with Crippen molar-refractivity contribution in [3.05, 3.63) is 162 Å². The zero-order valence-corrected chi connectivity index (χ0v) is 29.5. The van der Waals surface area contributed by atoms with Crippen LogP contribution in [0.1, 0.15) is 49.9 Å². The van der Waals surface area contributed by atoms with E-state index in [1.807, 2.05) is 11.3 Å². The molecule has 0 unspecified atom stereocenters. The number of aromatic nitrogens is 1. The van der Waals surface area contributed by atoms with Crippen LogP contribution in [0.2, 0.25) is 0 Å².